The second-order valence-corrected chi connectivity index (χ2v) is 5.37. The average Bonchev–Trinajstić information content (AvgIpc) is 2.91. The van der Waals surface area contributed by atoms with Crippen LogP contribution in [0.2, 0.25) is 0 Å². The largest absolute Gasteiger partial charge is 0.496 e. The van der Waals surface area contributed by atoms with Crippen LogP contribution >= 0.6 is 11.3 Å². The van der Waals surface area contributed by atoms with Crippen molar-refractivity contribution in [3.63, 3.8) is 0 Å². The molecule has 1 aromatic carbocycles. The van der Waals surface area contributed by atoms with E-state index in [-0.39, 0.29) is 5.91 Å². The number of thiazole rings is 1. The van der Waals surface area contributed by atoms with Crippen molar-refractivity contribution in [3.05, 3.63) is 39.8 Å². The molecule has 112 valence electrons. The van der Waals surface area contributed by atoms with Crippen molar-refractivity contribution in [2.24, 2.45) is 0 Å². The van der Waals surface area contributed by atoms with Gasteiger partial charge in [0.2, 0.25) is 0 Å². The van der Waals surface area contributed by atoms with Crippen LogP contribution in [0.3, 0.4) is 0 Å². The van der Waals surface area contributed by atoms with E-state index in [2.05, 4.69) is 10.3 Å². The molecular weight excluding hydrogens is 288 g/mol. The molecule has 0 aliphatic rings. The first-order valence-electron chi connectivity index (χ1n) is 6.56. The van der Waals surface area contributed by atoms with E-state index in [1.807, 2.05) is 12.3 Å². The Kier molecular flexibility index (Phi) is 5.16. The van der Waals surface area contributed by atoms with E-state index in [0.717, 1.165) is 10.7 Å². The van der Waals surface area contributed by atoms with Crippen molar-refractivity contribution < 1.29 is 14.3 Å². The van der Waals surface area contributed by atoms with Crippen molar-refractivity contribution in [2.75, 3.05) is 20.8 Å². The maximum atomic E-state index is 12.3. The van der Waals surface area contributed by atoms with Gasteiger partial charge in [-0.3, -0.25) is 4.79 Å². The third-order valence-electron chi connectivity index (χ3n) is 2.95. The van der Waals surface area contributed by atoms with E-state index in [9.17, 15) is 4.79 Å². The summed E-state index contributed by atoms with van der Waals surface area (Å²) in [6.07, 6.45) is 0.710. The number of methoxy groups -OCH3 is 2. The standard InChI is InChI=1S/C15H18N2O3S/c1-10-9-21-13(17-10)7-8-16-15(18)14-11(19-2)5-4-6-12(14)20-3/h4-6,9H,7-8H2,1-3H3,(H,16,18). The fourth-order valence-corrected chi connectivity index (χ4v) is 2.74. The van der Waals surface area contributed by atoms with Crippen molar-refractivity contribution in [3.8, 4) is 11.5 Å². The lowest BCUT2D eigenvalue weighted by molar-refractivity contribution is 0.0948. The lowest BCUT2D eigenvalue weighted by Crippen LogP contribution is -2.26. The molecule has 1 heterocycles. The summed E-state index contributed by atoms with van der Waals surface area (Å²) >= 11 is 1.60. The van der Waals surface area contributed by atoms with Crippen LogP contribution in [0.1, 0.15) is 21.1 Å². The minimum absolute atomic E-state index is 0.211. The molecule has 0 saturated heterocycles. The number of ether oxygens (including phenoxy) is 2. The Morgan fingerprint density at radius 1 is 1.29 bits per heavy atom. The number of aromatic nitrogens is 1. The Labute approximate surface area is 127 Å². The number of aryl methyl sites for hydroxylation is 1. The van der Waals surface area contributed by atoms with Crippen LogP contribution in [0.5, 0.6) is 11.5 Å². The SMILES string of the molecule is COc1cccc(OC)c1C(=O)NCCc1nc(C)cs1. The van der Waals surface area contributed by atoms with Gasteiger partial charge < -0.3 is 14.8 Å². The first-order chi connectivity index (χ1) is 10.2. The summed E-state index contributed by atoms with van der Waals surface area (Å²) in [5.74, 6) is 0.784. The molecule has 0 aliphatic heterocycles. The summed E-state index contributed by atoms with van der Waals surface area (Å²) < 4.78 is 10.5. The van der Waals surface area contributed by atoms with Crippen LogP contribution in [0.25, 0.3) is 0 Å². The summed E-state index contributed by atoms with van der Waals surface area (Å²) in [7, 11) is 3.06. The van der Waals surface area contributed by atoms with Gasteiger partial charge in [0.15, 0.2) is 0 Å². The molecule has 1 N–H and O–H groups in total. The van der Waals surface area contributed by atoms with Gasteiger partial charge in [-0.05, 0) is 19.1 Å². The molecule has 5 nitrogen and oxygen atoms in total. The number of benzene rings is 1. The zero-order valence-electron chi connectivity index (χ0n) is 12.3. The molecule has 0 atom stereocenters. The molecule has 6 heteroatoms. The highest BCUT2D eigenvalue weighted by Gasteiger charge is 2.17. The molecule has 1 amide bonds. The van der Waals surface area contributed by atoms with Crippen LogP contribution in [0.15, 0.2) is 23.6 Å². The number of nitrogens with zero attached hydrogens (tertiary/aromatic N) is 1. The number of nitrogens with one attached hydrogen (secondary N) is 1. The van der Waals surface area contributed by atoms with Crippen LogP contribution < -0.4 is 14.8 Å². The van der Waals surface area contributed by atoms with E-state index < -0.39 is 0 Å². The molecule has 1 aromatic heterocycles. The normalized spacial score (nSPS) is 10.2. The summed E-state index contributed by atoms with van der Waals surface area (Å²) in [6, 6.07) is 5.26. The fourth-order valence-electron chi connectivity index (χ4n) is 1.96. The summed E-state index contributed by atoms with van der Waals surface area (Å²) in [5, 5.41) is 5.89. The Balaban J connectivity index is 2.03. The van der Waals surface area contributed by atoms with Gasteiger partial charge >= 0.3 is 0 Å². The first-order valence-corrected chi connectivity index (χ1v) is 7.44. The van der Waals surface area contributed by atoms with Crippen LogP contribution in [-0.2, 0) is 6.42 Å². The second kappa shape index (κ2) is 7.08. The maximum absolute atomic E-state index is 12.3. The smallest absolute Gasteiger partial charge is 0.258 e. The van der Waals surface area contributed by atoms with Crippen molar-refractivity contribution in [2.45, 2.75) is 13.3 Å². The highest BCUT2D eigenvalue weighted by Crippen LogP contribution is 2.27. The highest BCUT2D eigenvalue weighted by atomic mass is 32.1. The third kappa shape index (κ3) is 3.72. The van der Waals surface area contributed by atoms with Crippen LogP contribution in [0.4, 0.5) is 0 Å². The van der Waals surface area contributed by atoms with E-state index >= 15 is 0 Å². The molecular formula is C15H18N2O3S. The fraction of sp³-hybridized carbons (Fsp3) is 0.333. The molecule has 21 heavy (non-hydrogen) atoms. The summed E-state index contributed by atoms with van der Waals surface area (Å²) in [4.78, 5) is 16.7. The van der Waals surface area contributed by atoms with Gasteiger partial charge in [0.25, 0.3) is 5.91 Å². The Bertz CT molecular complexity index is 603. The Morgan fingerprint density at radius 2 is 1.95 bits per heavy atom. The van der Waals surface area contributed by atoms with Crippen LogP contribution in [-0.4, -0.2) is 31.7 Å². The van der Waals surface area contributed by atoms with Gasteiger partial charge in [-0.25, -0.2) is 4.98 Å². The number of carbonyl (C=O) groups is 1. The molecule has 0 unspecified atom stereocenters. The molecule has 2 rings (SSSR count). The van der Waals surface area contributed by atoms with Gasteiger partial charge in [-0.1, -0.05) is 6.07 Å². The molecule has 0 saturated carbocycles. The van der Waals surface area contributed by atoms with Crippen molar-refractivity contribution in [1.29, 1.82) is 0 Å². The Morgan fingerprint density at radius 3 is 2.48 bits per heavy atom. The monoisotopic (exact) mass is 306 g/mol. The van der Waals surface area contributed by atoms with Gasteiger partial charge in [0.1, 0.15) is 17.1 Å². The first kappa shape index (κ1) is 15.3. The minimum Gasteiger partial charge on any atom is -0.496 e. The minimum atomic E-state index is -0.211. The third-order valence-corrected chi connectivity index (χ3v) is 3.97. The average molecular weight is 306 g/mol. The second-order valence-electron chi connectivity index (χ2n) is 4.43. The van der Waals surface area contributed by atoms with Crippen molar-refractivity contribution in [1.82, 2.24) is 10.3 Å². The number of rotatable bonds is 6. The highest BCUT2D eigenvalue weighted by molar-refractivity contribution is 7.09. The summed E-state index contributed by atoms with van der Waals surface area (Å²) in [5.41, 5.74) is 1.42. The topological polar surface area (TPSA) is 60.5 Å². The van der Waals surface area contributed by atoms with Gasteiger partial charge in [-0.15, -0.1) is 11.3 Å². The molecule has 0 spiro atoms. The quantitative estimate of drug-likeness (QED) is 0.890. The molecule has 0 aliphatic carbocycles. The lowest BCUT2D eigenvalue weighted by atomic mass is 10.1. The summed E-state index contributed by atoms with van der Waals surface area (Å²) in [6.45, 7) is 2.48. The predicted molar refractivity (Wildman–Crippen MR) is 82.4 cm³/mol. The number of carbonyl (C=O) groups excluding carboxylic acids is 1. The predicted octanol–water partition coefficient (Wildman–Crippen LogP) is 2.44. The zero-order valence-corrected chi connectivity index (χ0v) is 13.1. The van der Waals surface area contributed by atoms with E-state index in [0.29, 0.717) is 30.0 Å². The lowest BCUT2D eigenvalue weighted by Gasteiger charge is -2.12. The Hall–Kier alpha value is -2.08. The van der Waals surface area contributed by atoms with Gasteiger partial charge in [-0.2, -0.15) is 0 Å². The number of amides is 1. The van der Waals surface area contributed by atoms with Crippen LogP contribution in [0, 0.1) is 6.92 Å². The molecule has 0 bridgehead atoms. The molecule has 0 fully saturated rings. The van der Waals surface area contributed by atoms with Gasteiger partial charge in [0.05, 0.1) is 19.2 Å². The van der Waals surface area contributed by atoms with E-state index in [4.69, 9.17) is 9.47 Å². The molecule has 2 aromatic rings. The molecule has 0 radical (unpaired) electrons. The zero-order chi connectivity index (χ0) is 15.2. The van der Waals surface area contributed by atoms with E-state index in [1.54, 1.807) is 29.5 Å². The van der Waals surface area contributed by atoms with Gasteiger partial charge in [0, 0.05) is 24.0 Å². The number of hydrogen-bond donors (Lipinski definition) is 1. The van der Waals surface area contributed by atoms with Crippen molar-refractivity contribution >= 4 is 17.2 Å². The number of hydrogen-bond acceptors (Lipinski definition) is 5. The van der Waals surface area contributed by atoms with E-state index in [1.165, 1.54) is 14.2 Å². The maximum Gasteiger partial charge on any atom is 0.258 e.